The molecular weight excluding hydrogens is 262 g/mol. The van der Waals surface area contributed by atoms with Gasteiger partial charge in [-0.3, -0.25) is 9.78 Å². The third-order valence-corrected chi connectivity index (χ3v) is 4.28. The van der Waals surface area contributed by atoms with Crippen molar-refractivity contribution in [3.8, 4) is 0 Å². The van der Waals surface area contributed by atoms with Crippen LogP contribution >= 0.6 is 0 Å². The van der Waals surface area contributed by atoms with E-state index in [-0.39, 0.29) is 5.91 Å². The van der Waals surface area contributed by atoms with Crippen molar-refractivity contribution in [3.63, 3.8) is 0 Å². The summed E-state index contributed by atoms with van der Waals surface area (Å²) in [5, 5.41) is 4.40. The van der Waals surface area contributed by atoms with E-state index >= 15 is 0 Å². The predicted octanol–water partition coefficient (Wildman–Crippen LogP) is 2.45. The van der Waals surface area contributed by atoms with Crippen LogP contribution in [0, 0.1) is 0 Å². The average molecular weight is 283 g/mol. The lowest BCUT2D eigenvalue weighted by atomic mass is 10.0. The van der Waals surface area contributed by atoms with E-state index in [1.165, 1.54) is 0 Å². The Balaban J connectivity index is 1.89. The highest BCUT2D eigenvalue weighted by atomic mass is 16.2. The van der Waals surface area contributed by atoms with Crippen LogP contribution in [0.4, 0.5) is 0 Å². The van der Waals surface area contributed by atoms with Gasteiger partial charge in [-0.05, 0) is 44.5 Å². The molecule has 1 aromatic heterocycles. The number of carbonyl (C=O) groups excluding carboxylic acids is 1. The number of fused-ring (bicyclic) bond motifs is 1. The maximum Gasteiger partial charge on any atom is 0.256 e. The first-order valence-corrected chi connectivity index (χ1v) is 7.59. The molecule has 0 bridgehead atoms. The van der Waals surface area contributed by atoms with Crippen molar-refractivity contribution in [3.05, 3.63) is 42.1 Å². The summed E-state index contributed by atoms with van der Waals surface area (Å²) in [6, 6.07) is 10.0. The van der Waals surface area contributed by atoms with Crippen LogP contribution in [0.2, 0.25) is 0 Å². The van der Waals surface area contributed by atoms with Gasteiger partial charge < -0.3 is 10.2 Å². The predicted molar refractivity (Wildman–Crippen MR) is 84.3 cm³/mol. The number of benzene rings is 1. The van der Waals surface area contributed by atoms with Crippen molar-refractivity contribution in [1.29, 1.82) is 0 Å². The summed E-state index contributed by atoms with van der Waals surface area (Å²) in [5.41, 5.74) is 1.50. The zero-order valence-electron chi connectivity index (χ0n) is 12.4. The SMILES string of the molecule is CN(C(=O)c1cccc2cccnc12)C1CCCNCC1. The lowest BCUT2D eigenvalue weighted by molar-refractivity contribution is 0.0722. The summed E-state index contributed by atoms with van der Waals surface area (Å²) < 4.78 is 0. The van der Waals surface area contributed by atoms with Crippen LogP contribution in [0.1, 0.15) is 29.6 Å². The zero-order chi connectivity index (χ0) is 14.7. The van der Waals surface area contributed by atoms with Crippen LogP contribution in [0.25, 0.3) is 10.9 Å². The lowest BCUT2D eigenvalue weighted by Gasteiger charge is -2.27. The molecule has 4 heteroatoms. The molecule has 0 spiro atoms. The molecule has 1 fully saturated rings. The minimum Gasteiger partial charge on any atom is -0.339 e. The molecule has 1 unspecified atom stereocenters. The van der Waals surface area contributed by atoms with Crippen molar-refractivity contribution >= 4 is 16.8 Å². The fourth-order valence-electron chi connectivity index (χ4n) is 3.02. The average Bonchev–Trinajstić information content (AvgIpc) is 2.82. The molecule has 1 atom stereocenters. The molecule has 3 rings (SSSR count). The summed E-state index contributed by atoms with van der Waals surface area (Å²) in [4.78, 5) is 19.1. The van der Waals surface area contributed by atoms with E-state index in [9.17, 15) is 4.79 Å². The Bertz CT molecular complexity index is 627. The van der Waals surface area contributed by atoms with E-state index in [1.54, 1.807) is 6.20 Å². The molecule has 2 heterocycles. The number of aromatic nitrogens is 1. The first kappa shape index (κ1) is 14.0. The molecule has 110 valence electrons. The topological polar surface area (TPSA) is 45.2 Å². The van der Waals surface area contributed by atoms with Gasteiger partial charge in [-0.15, -0.1) is 0 Å². The molecular formula is C17H21N3O. The van der Waals surface area contributed by atoms with Crippen LogP contribution in [0.3, 0.4) is 0 Å². The summed E-state index contributed by atoms with van der Waals surface area (Å²) in [5.74, 6) is 0.0752. The highest BCUT2D eigenvalue weighted by Gasteiger charge is 2.23. The Kier molecular flexibility index (Phi) is 4.15. The molecule has 1 amide bonds. The van der Waals surface area contributed by atoms with E-state index in [0.29, 0.717) is 11.6 Å². The lowest BCUT2D eigenvalue weighted by Crippen LogP contribution is -2.37. The van der Waals surface area contributed by atoms with Crippen molar-refractivity contribution < 1.29 is 4.79 Å². The molecule has 4 nitrogen and oxygen atoms in total. The van der Waals surface area contributed by atoms with E-state index in [0.717, 1.165) is 43.3 Å². The molecule has 21 heavy (non-hydrogen) atoms. The smallest absolute Gasteiger partial charge is 0.256 e. The van der Waals surface area contributed by atoms with E-state index in [1.807, 2.05) is 42.3 Å². The normalized spacial score (nSPS) is 19.2. The summed E-state index contributed by atoms with van der Waals surface area (Å²) in [6.07, 6.45) is 4.94. The van der Waals surface area contributed by atoms with Crippen molar-refractivity contribution in [2.24, 2.45) is 0 Å². The fourth-order valence-corrected chi connectivity index (χ4v) is 3.02. The number of nitrogens with one attached hydrogen (secondary N) is 1. The van der Waals surface area contributed by atoms with E-state index < -0.39 is 0 Å². The molecule has 2 aromatic rings. The van der Waals surface area contributed by atoms with Gasteiger partial charge in [0.1, 0.15) is 0 Å². The number of amides is 1. The summed E-state index contributed by atoms with van der Waals surface area (Å²) >= 11 is 0. The monoisotopic (exact) mass is 283 g/mol. The van der Waals surface area contributed by atoms with Gasteiger partial charge in [0.05, 0.1) is 11.1 Å². The number of rotatable bonds is 2. The Morgan fingerprint density at radius 3 is 3.00 bits per heavy atom. The van der Waals surface area contributed by atoms with Crippen LogP contribution < -0.4 is 5.32 Å². The third kappa shape index (κ3) is 2.90. The highest BCUT2D eigenvalue weighted by molar-refractivity contribution is 6.05. The van der Waals surface area contributed by atoms with E-state index in [2.05, 4.69) is 10.3 Å². The van der Waals surface area contributed by atoms with Gasteiger partial charge in [0, 0.05) is 24.7 Å². The first-order chi connectivity index (χ1) is 10.3. The molecule has 1 aromatic carbocycles. The molecule has 1 aliphatic rings. The Morgan fingerprint density at radius 2 is 2.10 bits per heavy atom. The zero-order valence-corrected chi connectivity index (χ0v) is 12.4. The van der Waals surface area contributed by atoms with Crippen LogP contribution in [0.5, 0.6) is 0 Å². The van der Waals surface area contributed by atoms with Crippen LogP contribution in [-0.2, 0) is 0 Å². The first-order valence-electron chi connectivity index (χ1n) is 7.59. The molecule has 0 aliphatic carbocycles. The van der Waals surface area contributed by atoms with Gasteiger partial charge in [0.25, 0.3) is 5.91 Å². The minimum atomic E-state index is 0.0752. The van der Waals surface area contributed by atoms with Gasteiger partial charge in [-0.2, -0.15) is 0 Å². The number of hydrogen-bond donors (Lipinski definition) is 1. The molecule has 1 saturated heterocycles. The highest BCUT2D eigenvalue weighted by Crippen LogP contribution is 2.20. The number of para-hydroxylation sites is 1. The number of nitrogens with zero attached hydrogens (tertiary/aromatic N) is 2. The molecule has 0 saturated carbocycles. The molecule has 1 N–H and O–H groups in total. The number of carbonyl (C=O) groups is 1. The van der Waals surface area contributed by atoms with Gasteiger partial charge in [-0.25, -0.2) is 0 Å². The van der Waals surface area contributed by atoms with Crippen molar-refractivity contribution in [2.75, 3.05) is 20.1 Å². The minimum absolute atomic E-state index is 0.0752. The van der Waals surface area contributed by atoms with Crippen molar-refractivity contribution in [2.45, 2.75) is 25.3 Å². The Morgan fingerprint density at radius 1 is 1.24 bits per heavy atom. The van der Waals surface area contributed by atoms with Gasteiger partial charge >= 0.3 is 0 Å². The van der Waals surface area contributed by atoms with Crippen LogP contribution in [-0.4, -0.2) is 42.0 Å². The molecule has 1 aliphatic heterocycles. The fraction of sp³-hybridized carbons (Fsp3) is 0.412. The Labute approximate surface area is 125 Å². The largest absolute Gasteiger partial charge is 0.339 e. The second kappa shape index (κ2) is 6.22. The molecule has 0 radical (unpaired) electrons. The quantitative estimate of drug-likeness (QED) is 0.921. The Hall–Kier alpha value is -1.94. The van der Waals surface area contributed by atoms with Gasteiger partial charge in [0.15, 0.2) is 0 Å². The van der Waals surface area contributed by atoms with Crippen LogP contribution in [0.15, 0.2) is 36.5 Å². The summed E-state index contributed by atoms with van der Waals surface area (Å²) in [7, 11) is 1.92. The maximum absolute atomic E-state index is 12.8. The van der Waals surface area contributed by atoms with Gasteiger partial charge in [-0.1, -0.05) is 18.2 Å². The van der Waals surface area contributed by atoms with E-state index in [4.69, 9.17) is 0 Å². The standard InChI is InChI=1S/C17H21N3O/c1-20(14-7-4-10-18-12-9-14)17(21)15-8-2-5-13-6-3-11-19-16(13)15/h2-3,5-6,8,11,14,18H,4,7,9-10,12H2,1H3. The number of hydrogen-bond acceptors (Lipinski definition) is 3. The number of pyridine rings is 1. The maximum atomic E-state index is 12.8. The van der Waals surface area contributed by atoms with Gasteiger partial charge in [0.2, 0.25) is 0 Å². The second-order valence-electron chi connectivity index (χ2n) is 5.63. The second-order valence-corrected chi connectivity index (χ2v) is 5.63. The van der Waals surface area contributed by atoms with Crippen molar-refractivity contribution in [1.82, 2.24) is 15.2 Å². The third-order valence-electron chi connectivity index (χ3n) is 4.28. The summed E-state index contributed by atoms with van der Waals surface area (Å²) in [6.45, 7) is 2.03.